The minimum Gasteiger partial charge on any atom is -0.365 e. The summed E-state index contributed by atoms with van der Waals surface area (Å²) in [6.45, 7) is 8.88. The van der Waals surface area contributed by atoms with Crippen molar-refractivity contribution in [1.82, 2.24) is 14.9 Å². The first kappa shape index (κ1) is 24.9. The average molecular weight is 524 g/mol. The lowest BCUT2D eigenvalue weighted by atomic mass is 9.77. The van der Waals surface area contributed by atoms with Crippen molar-refractivity contribution in [2.24, 2.45) is 0 Å². The van der Waals surface area contributed by atoms with E-state index < -0.39 is 5.82 Å². The minimum absolute atomic E-state index is 0.0170. The first-order valence-electron chi connectivity index (χ1n) is 12.1. The number of thiophene rings is 1. The predicted octanol–water partition coefficient (Wildman–Crippen LogP) is 7.96. The Bertz CT molecular complexity index is 1370. The first-order valence-corrected chi connectivity index (χ1v) is 13.3. The van der Waals surface area contributed by atoms with Crippen LogP contribution in [-0.2, 0) is 0 Å². The highest BCUT2D eigenvalue weighted by Gasteiger charge is 2.43. The second-order valence-corrected chi connectivity index (χ2v) is 12.3. The van der Waals surface area contributed by atoms with Crippen LogP contribution >= 0.6 is 22.9 Å². The van der Waals surface area contributed by atoms with Crippen molar-refractivity contribution in [3.05, 3.63) is 65.6 Å². The molecule has 8 heteroatoms. The van der Waals surface area contributed by atoms with Gasteiger partial charge in [-0.05, 0) is 83.3 Å². The number of likely N-dealkylation sites (tertiary alicyclic amines) is 1. The fourth-order valence-corrected chi connectivity index (χ4v) is 6.67. The van der Waals surface area contributed by atoms with Crippen molar-refractivity contribution in [3.8, 4) is 10.4 Å². The Kier molecular flexibility index (Phi) is 6.43. The number of piperidine rings is 1. The van der Waals surface area contributed by atoms with E-state index in [1.807, 2.05) is 30.3 Å². The number of halogens is 2. The summed E-state index contributed by atoms with van der Waals surface area (Å²) in [5, 5.41) is 8.35. The van der Waals surface area contributed by atoms with Gasteiger partial charge in [0.25, 0.3) is 0 Å². The molecule has 5 rings (SSSR count). The fraction of sp³-hybridized carbons (Fsp3) is 0.357. The molecule has 0 aliphatic carbocycles. The Balaban J connectivity index is 1.34. The average Bonchev–Trinajstić information content (AvgIpc) is 3.23. The minimum atomic E-state index is -0.465. The number of benzene rings is 2. The summed E-state index contributed by atoms with van der Waals surface area (Å²) < 4.78 is 15.9. The number of nitrogens with zero attached hydrogens (tertiary/aromatic N) is 3. The van der Waals surface area contributed by atoms with Gasteiger partial charge in [0.2, 0.25) is 5.95 Å². The lowest BCUT2D eigenvalue weighted by Gasteiger charge is -2.53. The topological polar surface area (TPSA) is 53.1 Å². The molecule has 0 radical (unpaired) electrons. The van der Waals surface area contributed by atoms with Crippen LogP contribution in [0, 0.1) is 5.82 Å². The summed E-state index contributed by atoms with van der Waals surface area (Å²) in [4.78, 5) is 12.1. The molecular weight excluding hydrogens is 493 g/mol. The number of aromatic nitrogens is 2. The van der Waals surface area contributed by atoms with Gasteiger partial charge in [-0.15, -0.1) is 11.3 Å². The number of hydrogen-bond acceptors (Lipinski definition) is 6. The molecule has 2 aromatic heterocycles. The van der Waals surface area contributed by atoms with E-state index in [0.717, 1.165) is 29.0 Å². The Labute approximate surface area is 220 Å². The first-order chi connectivity index (χ1) is 17.0. The number of anilines is 3. The molecule has 1 aliphatic heterocycles. The number of hydrogen-bond donors (Lipinski definition) is 2. The van der Waals surface area contributed by atoms with Crippen LogP contribution in [-0.4, -0.2) is 39.0 Å². The van der Waals surface area contributed by atoms with Crippen molar-refractivity contribution < 1.29 is 4.39 Å². The van der Waals surface area contributed by atoms with Crippen LogP contribution in [0.4, 0.5) is 21.8 Å². The zero-order valence-corrected chi connectivity index (χ0v) is 22.8. The zero-order valence-electron chi connectivity index (χ0n) is 21.2. The normalized spacial score (nSPS) is 17.9. The standard InChI is InChI=1S/C28H31ClFN5S/c1-27(2)14-19(15-28(3,4)35(27)5)32-25-22(30)16-31-26(34-25)33-18-10-11-20(21(29)13-18)24-12-17-8-6-7-9-23(17)36-24/h6-13,16,19H,14-15H2,1-5H3,(H2,31,32,33,34). The van der Waals surface area contributed by atoms with Crippen LogP contribution in [0.2, 0.25) is 5.02 Å². The second kappa shape index (κ2) is 9.29. The molecule has 188 valence electrons. The smallest absolute Gasteiger partial charge is 0.229 e. The highest BCUT2D eigenvalue weighted by atomic mass is 35.5. The van der Waals surface area contributed by atoms with Crippen LogP contribution in [0.15, 0.2) is 54.7 Å². The predicted molar refractivity (Wildman–Crippen MR) is 150 cm³/mol. The zero-order chi connectivity index (χ0) is 25.7. The molecule has 4 aromatic rings. The molecule has 1 fully saturated rings. The van der Waals surface area contributed by atoms with Gasteiger partial charge in [-0.1, -0.05) is 29.8 Å². The summed E-state index contributed by atoms with van der Waals surface area (Å²) >= 11 is 8.37. The highest BCUT2D eigenvalue weighted by molar-refractivity contribution is 7.22. The van der Waals surface area contributed by atoms with Gasteiger partial charge in [0, 0.05) is 37.9 Å². The monoisotopic (exact) mass is 523 g/mol. The third-order valence-electron chi connectivity index (χ3n) is 7.31. The van der Waals surface area contributed by atoms with E-state index in [-0.39, 0.29) is 22.9 Å². The van der Waals surface area contributed by atoms with Crippen LogP contribution in [0.1, 0.15) is 40.5 Å². The van der Waals surface area contributed by atoms with Crippen molar-refractivity contribution in [2.75, 3.05) is 17.7 Å². The third-order valence-corrected chi connectivity index (χ3v) is 8.77. The van der Waals surface area contributed by atoms with Gasteiger partial charge in [0.05, 0.1) is 11.2 Å². The molecule has 1 aliphatic rings. The van der Waals surface area contributed by atoms with E-state index in [2.05, 4.69) is 78.4 Å². The molecule has 1 saturated heterocycles. The molecule has 2 N–H and O–H groups in total. The van der Waals surface area contributed by atoms with Crippen LogP contribution in [0.3, 0.4) is 0 Å². The summed E-state index contributed by atoms with van der Waals surface area (Å²) in [6, 6.07) is 16.3. The number of nitrogens with one attached hydrogen (secondary N) is 2. The molecular formula is C28H31ClFN5S. The van der Waals surface area contributed by atoms with E-state index in [9.17, 15) is 4.39 Å². The summed E-state index contributed by atoms with van der Waals surface area (Å²) in [5.41, 5.74) is 1.68. The largest absolute Gasteiger partial charge is 0.365 e. The Hall–Kier alpha value is -2.74. The van der Waals surface area contributed by atoms with E-state index in [4.69, 9.17) is 11.6 Å². The molecule has 0 atom stereocenters. The van der Waals surface area contributed by atoms with Gasteiger partial charge >= 0.3 is 0 Å². The molecule has 0 saturated carbocycles. The Morgan fingerprint density at radius 1 is 1.06 bits per heavy atom. The third kappa shape index (κ3) is 4.92. The van der Waals surface area contributed by atoms with Gasteiger partial charge in [0.15, 0.2) is 11.6 Å². The van der Waals surface area contributed by atoms with Crippen LogP contribution in [0.5, 0.6) is 0 Å². The van der Waals surface area contributed by atoms with E-state index in [1.165, 1.54) is 16.3 Å². The van der Waals surface area contributed by atoms with Gasteiger partial charge in [-0.25, -0.2) is 9.37 Å². The van der Waals surface area contributed by atoms with E-state index in [0.29, 0.717) is 11.0 Å². The second-order valence-electron chi connectivity index (χ2n) is 10.8. The van der Waals surface area contributed by atoms with Gasteiger partial charge in [0.1, 0.15) is 0 Å². The maximum atomic E-state index is 14.7. The molecule has 5 nitrogen and oxygen atoms in total. The quantitative estimate of drug-likeness (QED) is 0.278. The summed E-state index contributed by atoms with van der Waals surface area (Å²) in [7, 11) is 2.15. The molecule has 2 aromatic carbocycles. The van der Waals surface area contributed by atoms with Crippen molar-refractivity contribution >= 4 is 50.5 Å². The van der Waals surface area contributed by atoms with Crippen molar-refractivity contribution in [1.29, 1.82) is 0 Å². The van der Waals surface area contributed by atoms with E-state index >= 15 is 0 Å². The Morgan fingerprint density at radius 3 is 2.47 bits per heavy atom. The molecule has 3 heterocycles. The number of fused-ring (bicyclic) bond motifs is 1. The summed E-state index contributed by atoms with van der Waals surface area (Å²) in [6.07, 6.45) is 2.97. The van der Waals surface area contributed by atoms with Crippen molar-refractivity contribution in [3.63, 3.8) is 0 Å². The van der Waals surface area contributed by atoms with Crippen LogP contribution in [0.25, 0.3) is 20.5 Å². The molecule has 0 spiro atoms. The van der Waals surface area contributed by atoms with Gasteiger partial charge < -0.3 is 10.6 Å². The molecule has 0 amide bonds. The SMILES string of the molecule is CN1C(C)(C)CC(Nc2nc(Nc3ccc(-c4cc5ccccc5s4)c(Cl)c3)ncc2F)CC1(C)C. The fourth-order valence-electron chi connectivity index (χ4n) is 5.23. The van der Waals surface area contributed by atoms with Gasteiger partial charge in [-0.3, -0.25) is 4.90 Å². The van der Waals surface area contributed by atoms with Gasteiger partial charge in [-0.2, -0.15) is 4.98 Å². The molecule has 36 heavy (non-hydrogen) atoms. The highest BCUT2D eigenvalue weighted by Crippen LogP contribution is 2.39. The lowest BCUT2D eigenvalue weighted by Crippen LogP contribution is -2.61. The molecule has 0 bridgehead atoms. The maximum absolute atomic E-state index is 14.7. The van der Waals surface area contributed by atoms with Crippen molar-refractivity contribution in [2.45, 2.75) is 57.7 Å². The van der Waals surface area contributed by atoms with E-state index in [1.54, 1.807) is 11.3 Å². The Morgan fingerprint density at radius 2 is 1.78 bits per heavy atom. The number of rotatable bonds is 5. The van der Waals surface area contributed by atoms with Crippen LogP contribution < -0.4 is 10.6 Å². The molecule has 0 unspecified atom stereocenters. The maximum Gasteiger partial charge on any atom is 0.229 e. The summed E-state index contributed by atoms with van der Waals surface area (Å²) in [5.74, 6) is 0.0610. The lowest BCUT2D eigenvalue weighted by molar-refractivity contribution is -0.00778.